The van der Waals surface area contributed by atoms with Crippen LogP contribution in [-0.2, 0) is 4.79 Å². The average Bonchev–Trinajstić information content (AvgIpc) is 2.71. The summed E-state index contributed by atoms with van der Waals surface area (Å²) in [5.41, 5.74) is 6.29. The molecule has 0 heterocycles. The monoisotopic (exact) mass is 376 g/mol. The fourth-order valence-electron chi connectivity index (χ4n) is 2.82. The molecule has 0 bridgehead atoms. The van der Waals surface area contributed by atoms with E-state index in [9.17, 15) is 4.79 Å². The molecule has 5 heteroatoms. The molecular weight excluding hydrogens is 352 g/mol. The molecule has 0 aliphatic heterocycles. The summed E-state index contributed by atoms with van der Waals surface area (Å²) < 4.78 is 10.9. The van der Waals surface area contributed by atoms with E-state index < -0.39 is 0 Å². The van der Waals surface area contributed by atoms with Gasteiger partial charge in [-0.2, -0.15) is 5.10 Å². The lowest BCUT2D eigenvalue weighted by Gasteiger charge is -2.09. The molecule has 1 amide bonds. The Morgan fingerprint density at radius 1 is 1.00 bits per heavy atom. The average molecular weight is 376 g/mol. The fraction of sp³-hybridized carbons (Fsp3) is 0.217. The summed E-state index contributed by atoms with van der Waals surface area (Å²) in [6.07, 6.45) is 0. The van der Waals surface area contributed by atoms with Gasteiger partial charge in [0.1, 0.15) is 11.5 Å². The summed E-state index contributed by atoms with van der Waals surface area (Å²) >= 11 is 0. The van der Waals surface area contributed by atoms with E-state index in [4.69, 9.17) is 9.47 Å². The van der Waals surface area contributed by atoms with Crippen molar-refractivity contribution in [2.75, 3.05) is 13.7 Å². The largest absolute Gasteiger partial charge is 0.497 e. The van der Waals surface area contributed by atoms with Crippen LogP contribution in [0.1, 0.15) is 23.6 Å². The van der Waals surface area contributed by atoms with Crippen molar-refractivity contribution in [2.24, 2.45) is 5.10 Å². The van der Waals surface area contributed by atoms with Crippen LogP contribution in [0, 0.1) is 13.8 Å². The van der Waals surface area contributed by atoms with Gasteiger partial charge in [0.15, 0.2) is 6.61 Å². The summed E-state index contributed by atoms with van der Waals surface area (Å²) in [7, 11) is 1.65. The van der Waals surface area contributed by atoms with Gasteiger partial charge < -0.3 is 9.47 Å². The lowest BCUT2D eigenvalue weighted by Crippen LogP contribution is -2.25. The number of hydrogen-bond acceptors (Lipinski definition) is 4. The maximum Gasteiger partial charge on any atom is 0.277 e. The second kappa shape index (κ2) is 8.57. The molecule has 0 atom stereocenters. The van der Waals surface area contributed by atoms with E-state index in [2.05, 4.69) is 10.5 Å². The molecule has 0 saturated carbocycles. The van der Waals surface area contributed by atoms with Gasteiger partial charge in [-0.1, -0.05) is 30.3 Å². The maximum atomic E-state index is 12.1. The van der Waals surface area contributed by atoms with Crippen LogP contribution in [0.15, 0.2) is 59.7 Å². The Labute approximate surface area is 165 Å². The summed E-state index contributed by atoms with van der Waals surface area (Å²) in [5, 5.41) is 6.37. The molecule has 1 N–H and O–H groups in total. The number of nitrogens with zero attached hydrogens (tertiary/aromatic N) is 1. The summed E-state index contributed by atoms with van der Waals surface area (Å²) in [5.74, 6) is 1.23. The topological polar surface area (TPSA) is 59.9 Å². The third-order valence-electron chi connectivity index (χ3n) is 4.52. The Morgan fingerprint density at radius 2 is 1.75 bits per heavy atom. The lowest BCUT2D eigenvalue weighted by atomic mass is 10.0. The number of rotatable bonds is 6. The molecule has 28 heavy (non-hydrogen) atoms. The fourth-order valence-corrected chi connectivity index (χ4v) is 2.82. The van der Waals surface area contributed by atoms with E-state index in [-0.39, 0.29) is 12.5 Å². The molecule has 0 fully saturated rings. The van der Waals surface area contributed by atoms with E-state index in [1.165, 1.54) is 0 Å². The Morgan fingerprint density at radius 3 is 2.54 bits per heavy atom. The van der Waals surface area contributed by atoms with Crippen molar-refractivity contribution in [1.82, 2.24) is 5.43 Å². The molecule has 3 aromatic carbocycles. The lowest BCUT2D eigenvalue weighted by molar-refractivity contribution is -0.123. The molecule has 144 valence electrons. The summed E-state index contributed by atoms with van der Waals surface area (Å²) in [6, 6.07) is 17.8. The van der Waals surface area contributed by atoms with Gasteiger partial charge in [0.2, 0.25) is 0 Å². The van der Waals surface area contributed by atoms with Crippen LogP contribution < -0.4 is 14.9 Å². The zero-order chi connectivity index (χ0) is 20.1. The first kappa shape index (κ1) is 19.4. The number of methoxy groups -OCH3 is 1. The second-order valence-electron chi connectivity index (χ2n) is 6.72. The van der Waals surface area contributed by atoms with E-state index in [1.807, 2.05) is 75.4 Å². The second-order valence-corrected chi connectivity index (χ2v) is 6.72. The van der Waals surface area contributed by atoms with Crippen LogP contribution >= 0.6 is 0 Å². The standard InChI is InChI=1S/C23H24N2O3/c1-15-5-6-16(2)22(11-15)28-14-23(26)25-24-17(3)18-7-8-20-13-21(27-4)10-9-19(20)12-18/h5-13H,14H2,1-4H3,(H,25,26). The van der Waals surface area contributed by atoms with Crippen LogP contribution in [0.2, 0.25) is 0 Å². The zero-order valence-corrected chi connectivity index (χ0v) is 16.6. The van der Waals surface area contributed by atoms with Gasteiger partial charge in [0.25, 0.3) is 5.91 Å². The number of benzene rings is 3. The van der Waals surface area contributed by atoms with Crippen molar-refractivity contribution in [3.05, 3.63) is 71.3 Å². The molecule has 0 aliphatic rings. The van der Waals surface area contributed by atoms with Crippen molar-refractivity contribution in [2.45, 2.75) is 20.8 Å². The Balaban J connectivity index is 1.64. The first-order valence-electron chi connectivity index (χ1n) is 9.07. The predicted molar refractivity (Wildman–Crippen MR) is 112 cm³/mol. The number of aryl methyl sites for hydroxylation is 2. The van der Waals surface area contributed by atoms with Gasteiger partial charge in [-0.15, -0.1) is 0 Å². The quantitative estimate of drug-likeness (QED) is 0.513. The van der Waals surface area contributed by atoms with E-state index in [1.54, 1.807) is 7.11 Å². The Hall–Kier alpha value is -3.34. The third-order valence-corrected chi connectivity index (χ3v) is 4.52. The first-order valence-corrected chi connectivity index (χ1v) is 9.07. The highest BCUT2D eigenvalue weighted by Crippen LogP contribution is 2.22. The molecule has 0 unspecified atom stereocenters. The van der Waals surface area contributed by atoms with Gasteiger partial charge in [0, 0.05) is 0 Å². The minimum absolute atomic E-state index is 0.0847. The molecule has 0 spiro atoms. The maximum absolute atomic E-state index is 12.1. The number of amides is 1. The Kier molecular flexibility index (Phi) is 5.94. The van der Waals surface area contributed by atoms with Crippen molar-refractivity contribution in [3.8, 4) is 11.5 Å². The van der Waals surface area contributed by atoms with Gasteiger partial charge >= 0.3 is 0 Å². The molecular formula is C23H24N2O3. The highest BCUT2D eigenvalue weighted by Gasteiger charge is 2.06. The molecule has 5 nitrogen and oxygen atoms in total. The SMILES string of the molecule is COc1ccc2cc(C(C)=NNC(=O)COc3cc(C)ccc3C)ccc2c1. The molecule has 3 aromatic rings. The van der Waals surface area contributed by atoms with E-state index in [0.29, 0.717) is 5.75 Å². The van der Waals surface area contributed by atoms with Crippen molar-refractivity contribution in [3.63, 3.8) is 0 Å². The molecule has 3 rings (SSSR count). The number of hydrazone groups is 1. The number of hydrogen-bond donors (Lipinski definition) is 1. The highest BCUT2D eigenvalue weighted by molar-refractivity contribution is 6.02. The van der Waals surface area contributed by atoms with E-state index in [0.717, 1.165) is 38.9 Å². The smallest absolute Gasteiger partial charge is 0.277 e. The molecule has 0 aliphatic carbocycles. The van der Waals surface area contributed by atoms with Gasteiger partial charge in [-0.25, -0.2) is 5.43 Å². The van der Waals surface area contributed by atoms with Crippen LogP contribution in [0.4, 0.5) is 0 Å². The van der Waals surface area contributed by atoms with Crippen LogP contribution in [0.5, 0.6) is 11.5 Å². The van der Waals surface area contributed by atoms with Gasteiger partial charge in [-0.05, 0) is 72.5 Å². The third kappa shape index (κ3) is 4.68. The van der Waals surface area contributed by atoms with Crippen LogP contribution in [-0.4, -0.2) is 25.3 Å². The number of carbonyl (C=O) groups is 1. The number of ether oxygens (including phenoxy) is 2. The number of fused-ring (bicyclic) bond motifs is 1. The Bertz CT molecular complexity index is 1040. The predicted octanol–water partition coefficient (Wildman–Crippen LogP) is 4.38. The van der Waals surface area contributed by atoms with Gasteiger partial charge in [-0.3, -0.25) is 4.79 Å². The minimum atomic E-state index is -0.300. The van der Waals surface area contributed by atoms with Crippen LogP contribution in [0.3, 0.4) is 0 Å². The number of carbonyl (C=O) groups excluding carboxylic acids is 1. The molecule has 0 saturated heterocycles. The van der Waals surface area contributed by atoms with Gasteiger partial charge in [0.05, 0.1) is 12.8 Å². The molecule has 0 aromatic heterocycles. The summed E-state index contributed by atoms with van der Waals surface area (Å²) in [6.45, 7) is 5.71. The highest BCUT2D eigenvalue weighted by atomic mass is 16.5. The summed E-state index contributed by atoms with van der Waals surface area (Å²) in [4.78, 5) is 12.1. The normalized spacial score (nSPS) is 11.4. The minimum Gasteiger partial charge on any atom is -0.497 e. The van der Waals surface area contributed by atoms with Crippen molar-refractivity contribution >= 4 is 22.4 Å². The molecule has 0 radical (unpaired) electrons. The number of nitrogens with one attached hydrogen (secondary N) is 1. The van der Waals surface area contributed by atoms with E-state index >= 15 is 0 Å². The zero-order valence-electron chi connectivity index (χ0n) is 16.6. The first-order chi connectivity index (χ1) is 13.5. The van der Waals surface area contributed by atoms with Crippen molar-refractivity contribution in [1.29, 1.82) is 0 Å². The van der Waals surface area contributed by atoms with Crippen molar-refractivity contribution < 1.29 is 14.3 Å². The van der Waals surface area contributed by atoms with Crippen LogP contribution in [0.25, 0.3) is 10.8 Å².